The van der Waals surface area contributed by atoms with E-state index in [0.29, 0.717) is 0 Å². The van der Waals surface area contributed by atoms with Crippen LogP contribution in [0.2, 0.25) is 0 Å². The molecule has 0 aromatic rings. The Morgan fingerprint density at radius 1 is 0.964 bits per heavy atom. The van der Waals surface area contributed by atoms with Crippen LogP contribution in [0.4, 0.5) is 0 Å². The van der Waals surface area contributed by atoms with Crippen molar-refractivity contribution in [3.8, 4) is 0 Å². The monoisotopic (exact) mass is 388 g/mol. The second-order valence-electron chi connectivity index (χ2n) is 9.28. The number of carbonyl (C=O) groups is 4. The smallest absolute Gasteiger partial charge is 0.307 e. The molecule has 0 bridgehead atoms. The Bertz CT molecular complexity index is 739. The Labute approximate surface area is 164 Å². The normalized spacial score (nSPS) is 38.5. The zero-order valence-electron chi connectivity index (χ0n) is 16.4. The highest BCUT2D eigenvalue weighted by molar-refractivity contribution is 6.02. The minimum Gasteiger partial charge on any atom is -0.453 e. The van der Waals surface area contributed by atoms with Gasteiger partial charge in [-0.1, -0.05) is 25.7 Å². The topological polar surface area (TPSA) is 84.0 Å². The number of hydrogen-bond acceptors (Lipinski definition) is 5. The Morgan fingerprint density at radius 3 is 2.21 bits per heavy atom. The number of likely N-dealkylation sites (tertiary alicyclic amines) is 2. The second kappa shape index (κ2) is 6.29. The van der Waals surface area contributed by atoms with Gasteiger partial charge in [-0.2, -0.15) is 0 Å². The predicted molar refractivity (Wildman–Crippen MR) is 98.0 cm³/mol. The van der Waals surface area contributed by atoms with Gasteiger partial charge in [-0.25, -0.2) is 0 Å². The maximum Gasteiger partial charge on any atom is 0.307 e. The van der Waals surface area contributed by atoms with Gasteiger partial charge in [0.25, 0.3) is 0 Å². The standard InChI is InChI=1S/C21H28N2O5/c1-12(24)10-16-21-15(11-17(25)28-21)19(26)23(14-8-9-14)18(21)20(27)22(16)13-6-4-2-3-5-7-13/h13-16,18H,2-11H2,1H3. The highest BCUT2D eigenvalue weighted by Gasteiger charge is 2.78. The molecule has 2 amide bonds. The summed E-state index contributed by atoms with van der Waals surface area (Å²) in [7, 11) is 0. The maximum absolute atomic E-state index is 13.8. The van der Waals surface area contributed by atoms with Crippen molar-refractivity contribution in [2.75, 3.05) is 0 Å². The van der Waals surface area contributed by atoms with Crippen LogP contribution >= 0.6 is 0 Å². The van der Waals surface area contributed by atoms with Gasteiger partial charge in [0.2, 0.25) is 11.8 Å². The maximum atomic E-state index is 13.8. The molecular weight excluding hydrogens is 360 g/mol. The number of hydrogen-bond donors (Lipinski definition) is 0. The molecule has 4 unspecified atom stereocenters. The summed E-state index contributed by atoms with van der Waals surface area (Å²) in [5.74, 6) is -1.31. The third kappa shape index (κ3) is 2.40. The van der Waals surface area contributed by atoms with E-state index >= 15 is 0 Å². The quantitative estimate of drug-likeness (QED) is 0.539. The number of Topliss-reactive ketones (excluding diaryl/α,β-unsaturated/α-hetero) is 1. The van der Waals surface area contributed by atoms with Gasteiger partial charge in [0.15, 0.2) is 11.6 Å². The third-order valence-corrected chi connectivity index (χ3v) is 7.45. The molecule has 0 aromatic carbocycles. The largest absolute Gasteiger partial charge is 0.453 e. The van der Waals surface area contributed by atoms with Crippen LogP contribution in [0.5, 0.6) is 0 Å². The van der Waals surface area contributed by atoms with E-state index in [4.69, 9.17) is 4.74 Å². The molecule has 5 fully saturated rings. The fourth-order valence-electron chi connectivity index (χ4n) is 6.24. The molecule has 7 heteroatoms. The van der Waals surface area contributed by atoms with Crippen LogP contribution in [0, 0.1) is 5.92 Å². The first-order valence-corrected chi connectivity index (χ1v) is 10.8. The van der Waals surface area contributed by atoms with Gasteiger partial charge in [-0.05, 0) is 32.6 Å². The second-order valence-corrected chi connectivity index (χ2v) is 9.28. The van der Waals surface area contributed by atoms with Gasteiger partial charge in [0.1, 0.15) is 5.78 Å². The van der Waals surface area contributed by atoms with Crippen LogP contribution < -0.4 is 0 Å². The van der Waals surface area contributed by atoms with Gasteiger partial charge in [0, 0.05) is 18.5 Å². The minimum absolute atomic E-state index is 0.0265. The molecule has 152 valence electrons. The van der Waals surface area contributed by atoms with Crippen molar-refractivity contribution in [1.29, 1.82) is 0 Å². The Hall–Kier alpha value is -1.92. The number of amides is 2. The Balaban J connectivity index is 1.60. The number of ether oxygens (including phenoxy) is 1. The van der Waals surface area contributed by atoms with Gasteiger partial charge < -0.3 is 14.5 Å². The van der Waals surface area contributed by atoms with E-state index in [1.807, 2.05) is 4.90 Å². The lowest BCUT2D eigenvalue weighted by atomic mass is 9.79. The van der Waals surface area contributed by atoms with E-state index in [9.17, 15) is 19.2 Å². The lowest BCUT2D eigenvalue weighted by Crippen LogP contribution is -2.54. The van der Waals surface area contributed by atoms with E-state index in [1.54, 1.807) is 4.90 Å². The summed E-state index contributed by atoms with van der Waals surface area (Å²) < 4.78 is 5.90. The van der Waals surface area contributed by atoms with Gasteiger partial charge >= 0.3 is 5.97 Å². The van der Waals surface area contributed by atoms with E-state index in [0.717, 1.165) is 51.4 Å². The van der Waals surface area contributed by atoms with Crippen LogP contribution in [-0.2, 0) is 23.9 Å². The predicted octanol–water partition coefficient (Wildman–Crippen LogP) is 1.57. The van der Waals surface area contributed by atoms with Crippen molar-refractivity contribution >= 4 is 23.6 Å². The Morgan fingerprint density at radius 2 is 1.61 bits per heavy atom. The molecule has 2 saturated carbocycles. The van der Waals surface area contributed by atoms with Gasteiger partial charge in [0.05, 0.1) is 18.4 Å². The van der Waals surface area contributed by atoms with Crippen LogP contribution in [0.1, 0.15) is 71.1 Å². The summed E-state index contributed by atoms with van der Waals surface area (Å²) in [6, 6.07) is -1.11. The Kier molecular flexibility index (Phi) is 4.07. The highest BCUT2D eigenvalue weighted by atomic mass is 16.6. The van der Waals surface area contributed by atoms with Crippen LogP contribution in [-0.4, -0.2) is 63.1 Å². The summed E-state index contributed by atoms with van der Waals surface area (Å²) in [5.41, 5.74) is -1.17. The SMILES string of the molecule is CC(=O)CC1N(C2CCCCCC2)C(=O)C2N(C3CC3)C(=O)C3CC(=O)OC312. The van der Waals surface area contributed by atoms with Crippen molar-refractivity contribution in [2.45, 2.75) is 101 Å². The van der Waals surface area contributed by atoms with Crippen molar-refractivity contribution < 1.29 is 23.9 Å². The number of rotatable bonds is 4. The van der Waals surface area contributed by atoms with Crippen molar-refractivity contribution in [2.24, 2.45) is 5.92 Å². The molecule has 0 radical (unpaired) electrons. The summed E-state index contributed by atoms with van der Waals surface area (Å²) >= 11 is 0. The molecule has 4 atom stereocenters. The first-order chi connectivity index (χ1) is 13.4. The zero-order chi connectivity index (χ0) is 19.6. The molecule has 2 aliphatic carbocycles. The van der Waals surface area contributed by atoms with E-state index in [2.05, 4.69) is 0 Å². The highest BCUT2D eigenvalue weighted by Crippen LogP contribution is 2.56. The van der Waals surface area contributed by atoms with Crippen molar-refractivity contribution in [1.82, 2.24) is 9.80 Å². The average Bonchev–Trinajstić information content (AvgIpc) is 3.37. The fourth-order valence-corrected chi connectivity index (χ4v) is 6.24. The van der Waals surface area contributed by atoms with Crippen LogP contribution in [0.3, 0.4) is 0 Å². The molecule has 5 aliphatic rings. The van der Waals surface area contributed by atoms with Gasteiger partial charge in [-0.3, -0.25) is 19.2 Å². The number of esters is 1. The third-order valence-electron chi connectivity index (χ3n) is 7.45. The van der Waals surface area contributed by atoms with Crippen molar-refractivity contribution in [3.05, 3.63) is 0 Å². The van der Waals surface area contributed by atoms with E-state index in [-0.39, 0.29) is 42.5 Å². The summed E-state index contributed by atoms with van der Waals surface area (Å²) in [6.07, 6.45) is 8.25. The summed E-state index contributed by atoms with van der Waals surface area (Å²) in [6.45, 7) is 1.51. The first kappa shape index (κ1) is 18.1. The lowest BCUT2D eigenvalue weighted by molar-refractivity contribution is -0.154. The fraction of sp³-hybridized carbons (Fsp3) is 0.810. The first-order valence-electron chi connectivity index (χ1n) is 10.8. The van der Waals surface area contributed by atoms with Gasteiger partial charge in [-0.15, -0.1) is 0 Å². The molecule has 5 rings (SSSR count). The zero-order valence-corrected chi connectivity index (χ0v) is 16.4. The lowest BCUT2D eigenvalue weighted by Gasteiger charge is -2.38. The average molecular weight is 388 g/mol. The van der Waals surface area contributed by atoms with E-state index < -0.39 is 29.6 Å². The number of carbonyl (C=O) groups excluding carboxylic acids is 4. The molecule has 0 aromatic heterocycles. The van der Waals surface area contributed by atoms with Crippen LogP contribution in [0.25, 0.3) is 0 Å². The molecular formula is C21H28N2O5. The minimum atomic E-state index is -1.17. The summed E-state index contributed by atoms with van der Waals surface area (Å²) in [4.78, 5) is 55.0. The number of nitrogens with zero attached hydrogens (tertiary/aromatic N) is 2. The molecule has 28 heavy (non-hydrogen) atoms. The van der Waals surface area contributed by atoms with E-state index in [1.165, 1.54) is 6.92 Å². The molecule has 3 saturated heterocycles. The molecule has 1 spiro atoms. The number of ketones is 1. The van der Waals surface area contributed by atoms with Crippen molar-refractivity contribution in [3.63, 3.8) is 0 Å². The molecule has 7 nitrogen and oxygen atoms in total. The summed E-state index contributed by atoms with van der Waals surface area (Å²) in [5, 5.41) is 0. The molecule has 3 aliphatic heterocycles. The molecule has 0 N–H and O–H groups in total. The molecule has 3 heterocycles. The van der Waals surface area contributed by atoms with Crippen LogP contribution in [0.15, 0.2) is 0 Å².